The lowest BCUT2D eigenvalue weighted by atomic mass is 9.86. The van der Waals surface area contributed by atoms with E-state index in [4.69, 9.17) is 4.74 Å². The zero-order valence-corrected chi connectivity index (χ0v) is 20.6. The van der Waals surface area contributed by atoms with E-state index in [1.165, 1.54) is 10.7 Å². The van der Waals surface area contributed by atoms with Crippen LogP contribution in [-0.2, 0) is 9.53 Å². The summed E-state index contributed by atoms with van der Waals surface area (Å²) in [6.45, 7) is 2.58. The van der Waals surface area contributed by atoms with Gasteiger partial charge in [-0.1, -0.05) is 0 Å². The van der Waals surface area contributed by atoms with Gasteiger partial charge in [0.05, 0.1) is 36.0 Å². The summed E-state index contributed by atoms with van der Waals surface area (Å²) in [5.41, 5.74) is 0.518. The maximum absolute atomic E-state index is 15.9. The Morgan fingerprint density at radius 2 is 1.89 bits per heavy atom. The lowest BCUT2D eigenvalue weighted by Gasteiger charge is -2.28. The molecule has 37 heavy (non-hydrogen) atoms. The second-order valence-corrected chi connectivity index (χ2v) is 9.66. The fourth-order valence-corrected chi connectivity index (χ4v) is 5.56. The van der Waals surface area contributed by atoms with Gasteiger partial charge < -0.3 is 15.0 Å². The highest BCUT2D eigenvalue weighted by molar-refractivity contribution is 6.01. The molecule has 3 aromatic rings. The fraction of sp³-hybridized carbons (Fsp3) is 0.444. The van der Waals surface area contributed by atoms with E-state index in [0.29, 0.717) is 51.7 Å². The highest BCUT2D eigenvalue weighted by Crippen LogP contribution is 2.39. The first-order valence-electron chi connectivity index (χ1n) is 12.7. The van der Waals surface area contributed by atoms with Gasteiger partial charge in [0.2, 0.25) is 0 Å². The summed E-state index contributed by atoms with van der Waals surface area (Å²) < 4.78 is 50.7. The van der Waals surface area contributed by atoms with Crippen LogP contribution in [0.5, 0.6) is 0 Å². The number of anilines is 1. The number of halogens is 3. The monoisotopic (exact) mass is 514 g/mol. The summed E-state index contributed by atoms with van der Waals surface area (Å²) in [5, 5.41) is 7.10. The molecular formula is C27H29F3N4O3. The summed E-state index contributed by atoms with van der Waals surface area (Å²) >= 11 is 0. The van der Waals surface area contributed by atoms with Crippen molar-refractivity contribution < 1.29 is 27.5 Å². The Morgan fingerprint density at radius 1 is 1.11 bits per heavy atom. The van der Waals surface area contributed by atoms with Crippen molar-refractivity contribution >= 4 is 23.1 Å². The summed E-state index contributed by atoms with van der Waals surface area (Å²) in [5.74, 6) is -2.55. The van der Waals surface area contributed by atoms with Crippen LogP contribution in [0.15, 0.2) is 36.7 Å². The summed E-state index contributed by atoms with van der Waals surface area (Å²) in [7, 11) is 0. The van der Waals surface area contributed by atoms with E-state index in [2.05, 4.69) is 10.4 Å². The zero-order valence-electron chi connectivity index (χ0n) is 20.6. The van der Waals surface area contributed by atoms with E-state index >= 15 is 4.39 Å². The summed E-state index contributed by atoms with van der Waals surface area (Å²) in [6, 6.07) is 4.18. The molecule has 1 aromatic carbocycles. The van der Waals surface area contributed by atoms with E-state index in [-0.39, 0.29) is 40.3 Å². The third-order valence-corrected chi connectivity index (χ3v) is 7.41. The minimum Gasteiger partial charge on any atom is -0.466 e. The van der Waals surface area contributed by atoms with Crippen LogP contribution in [0.2, 0.25) is 0 Å². The van der Waals surface area contributed by atoms with Gasteiger partial charge in [0, 0.05) is 24.3 Å². The van der Waals surface area contributed by atoms with E-state index in [0.717, 1.165) is 18.2 Å². The van der Waals surface area contributed by atoms with Gasteiger partial charge in [-0.25, -0.2) is 17.7 Å². The van der Waals surface area contributed by atoms with Crippen LogP contribution in [-0.4, -0.2) is 40.7 Å². The quantitative estimate of drug-likeness (QED) is 0.472. The summed E-state index contributed by atoms with van der Waals surface area (Å²) in [6.07, 6.45) is 6.60. The van der Waals surface area contributed by atoms with Crippen molar-refractivity contribution in [2.75, 3.05) is 18.1 Å². The molecule has 0 spiro atoms. The number of hydrogen-bond donors (Lipinski definition) is 1. The van der Waals surface area contributed by atoms with Gasteiger partial charge in [-0.3, -0.25) is 9.59 Å². The third kappa shape index (κ3) is 4.89. The number of benzene rings is 1. The van der Waals surface area contributed by atoms with E-state index < -0.39 is 29.4 Å². The van der Waals surface area contributed by atoms with Crippen LogP contribution in [0.1, 0.15) is 67.4 Å². The number of aromatic nitrogens is 2. The molecule has 196 valence electrons. The first-order valence-corrected chi connectivity index (χ1v) is 12.7. The standard InChI is InChI=1S/C27H29F3N4O3/c1-2-37-27(36)16-5-8-18(9-6-16)32-26(35)20-15-31-34-13-11-23(24(30)25(20)34)33-12-3-4-22(33)19-14-17(28)7-10-21(19)29/h7,10-11,13-16,18,22H,2-6,8-9,12H2,1H3,(H,32,35). The highest BCUT2D eigenvalue weighted by Gasteiger charge is 2.33. The number of amides is 1. The Bertz CT molecular complexity index is 1320. The number of carbonyl (C=O) groups excluding carboxylic acids is 2. The largest absolute Gasteiger partial charge is 0.466 e. The molecule has 1 aliphatic heterocycles. The van der Waals surface area contributed by atoms with Crippen LogP contribution in [0.25, 0.3) is 5.52 Å². The molecule has 0 radical (unpaired) electrons. The van der Waals surface area contributed by atoms with Crippen molar-refractivity contribution in [3.8, 4) is 0 Å². The molecule has 1 saturated carbocycles. The summed E-state index contributed by atoms with van der Waals surface area (Å²) in [4.78, 5) is 26.8. The van der Waals surface area contributed by atoms with E-state index in [1.54, 1.807) is 24.1 Å². The first-order chi connectivity index (χ1) is 17.9. The predicted molar refractivity (Wildman–Crippen MR) is 131 cm³/mol. The number of carbonyl (C=O) groups is 2. The number of hydrogen-bond acceptors (Lipinski definition) is 5. The number of nitrogens with one attached hydrogen (secondary N) is 1. The van der Waals surface area contributed by atoms with Gasteiger partial charge in [-0.15, -0.1) is 0 Å². The van der Waals surface area contributed by atoms with Crippen molar-refractivity contribution in [3.63, 3.8) is 0 Å². The topological polar surface area (TPSA) is 75.9 Å². The van der Waals surface area contributed by atoms with Crippen LogP contribution >= 0.6 is 0 Å². The van der Waals surface area contributed by atoms with Crippen molar-refractivity contribution in [1.82, 2.24) is 14.9 Å². The second kappa shape index (κ2) is 10.4. The molecule has 3 heterocycles. The average molecular weight is 515 g/mol. The third-order valence-electron chi connectivity index (χ3n) is 7.41. The van der Waals surface area contributed by atoms with Crippen molar-refractivity contribution in [1.29, 1.82) is 0 Å². The molecule has 1 saturated heterocycles. The van der Waals surface area contributed by atoms with Gasteiger partial charge in [0.1, 0.15) is 17.2 Å². The molecular weight excluding hydrogens is 485 g/mol. The highest BCUT2D eigenvalue weighted by atomic mass is 19.1. The fourth-order valence-electron chi connectivity index (χ4n) is 5.56. The normalized spacial score (nSPS) is 21.8. The molecule has 7 nitrogen and oxygen atoms in total. The molecule has 1 atom stereocenters. The van der Waals surface area contributed by atoms with Gasteiger partial charge in [0.25, 0.3) is 5.91 Å². The minimum atomic E-state index is -0.639. The van der Waals surface area contributed by atoms with Gasteiger partial charge in [-0.2, -0.15) is 5.10 Å². The van der Waals surface area contributed by atoms with Crippen molar-refractivity contribution in [2.24, 2.45) is 5.92 Å². The molecule has 1 unspecified atom stereocenters. The molecule has 0 bridgehead atoms. The lowest BCUT2D eigenvalue weighted by Crippen LogP contribution is -2.39. The first kappa shape index (κ1) is 25.1. The van der Waals surface area contributed by atoms with E-state index in [9.17, 15) is 18.4 Å². The molecule has 1 aliphatic carbocycles. The average Bonchev–Trinajstić information content (AvgIpc) is 3.54. The van der Waals surface area contributed by atoms with Crippen LogP contribution in [0, 0.1) is 23.4 Å². The second-order valence-electron chi connectivity index (χ2n) is 9.66. The van der Waals surface area contributed by atoms with Crippen molar-refractivity contribution in [2.45, 2.75) is 57.5 Å². The number of nitrogens with zero attached hydrogens (tertiary/aromatic N) is 3. The Kier molecular flexibility index (Phi) is 7.08. The Morgan fingerprint density at radius 3 is 2.65 bits per heavy atom. The Hall–Kier alpha value is -3.56. The van der Waals surface area contributed by atoms with Crippen LogP contribution < -0.4 is 10.2 Å². The van der Waals surface area contributed by atoms with Gasteiger partial charge in [-0.05, 0) is 69.7 Å². The van der Waals surface area contributed by atoms with Gasteiger partial charge in [0.15, 0.2) is 5.82 Å². The van der Waals surface area contributed by atoms with E-state index in [1.807, 2.05) is 0 Å². The minimum absolute atomic E-state index is 0.0283. The SMILES string of the molecule is CCOC(=O)C1CCC(NC(=O)c2cnn3ccc(N4CCCC4c4cc(F)ccc4F)c(F)c23)CC1. The lowest BCUT2D eigenvalue weighted by molar-refractivity contribution is -0.149. The number of ether oxygens (including phenoxy) is 1. The Labute approximate surface area is 212 Å². The van der Waals surface area contributed by atoms with Gasteiger partial charge >= 0.3 is 5.97 Å². The predicted octanol–water partition coefficient (Wildman–Crippen LogP) is 4.94. The zero-order chi connectivity index (χ0) is 26.1. The number of pyridine rings is 1. The molecule has 1 N–H and O–H groups in total. The number of rotatable bonds is 6. The molecule has 2 aliphatic rings. The molecule has 2 fully saturated rings. The molecule has 2 aromatic heterocycles. The number of fused-ring (bicyclic) bond motifs is 1. The van der Waals surface area contributed by atoms with Crippen molar-refractivity contribution in [3.05, 3.63) is 65.2 Å². The maximum atomic E-state index is 15.9. The smallest absolute Gasteiger partial charge is 0.308 e. The van der Waals surface area contributed by atoms with Crippen LogP contribution in [0.3, 0.4) is 0 Å². The number of esters is 1. The maximum Gasteiger partial charge on any atom is 0.308 e. The Balaban J connectivity index is 1.37. The molecule has 1 amide bonds. The van der Waals surface area contributed by atoms with Crippen LogP contribution in [0.4, 0.5) is 18.9 Å². The molecule has 10 heteroatoms. The molecule has 5 rings (SSSR count).